The molecule has 4 heterocycles. The first kappa shape index (κ1) is 31.0. The number of aliphatic carboxylic acids is 2. The van der Waals surface area contributed by atoms with Crippen molar-refractivity contribution >= 4 is 29.2 Å². The lowest BCUT2D eigenvalue weighted by Gasteiger charge is -2.39. The highest BCUT2D eigenvalue weighted by Gasteiger charge is 2.42. The van der Waals surface area contributed by atoms with Crippen molar-refractivity contribution in [2.24, 2.45) is 5.41 Å². The predicted molar refractivity (Wildman–Crippen MR) is 121 cm³/mol. The van der Waals surface area contributed by atoms with Crippen LogP contribution < -0.4 is 0 Å². The fourth-order valence-electron chi connectivity index (χ4n) is 3.90. The van der Waals surface area contributed by atoms with Crippen LogP contribution in [0.5, 0.6) is 0 Å². The van der Waals surface area contributed by atoms with Crippen LogP contribution in [0.4, 0.5) is 26.3 Å². The minimum absolute atomic E-state index is 0.101. The number of likely N-dealkylation sites (tertiary alicyclic amines) is 2. The van der Waals surface area contributed by atoms with E-state index >= 15 is 0 Å². The Morgan fingerprint density at radius 3 is 1.92 bits per heavy atom. The summed E-state index contributed by atoms with van der Waals surface area (Å²) in [5, 5.41) is 16.1. The minimum atomic E-state index is -5.08. The van der Waals surface area contributed by atoms with Gasteiger partial charge in [0.1, 0.15) is 5.69 Å². The van der Waals surface area contributed by atoms with E-state index in [1.54, 1.807) is 5.51 Å². The Kier molecular flexibility index (Phi) is 10.6. The van der Waals surface area contributed by atoms with E-state index < -0.39 is 24.3 Å². The summed E-state index contributed by atoms with van der Waals surface area (Å²) in [5.41, 5.74) is 3.78. The first-order valence-corrected chi connectivity index (χ1v) is 12.0. The van der Waals surface area contributed by atoms with Crippen molar-refractivity contribution in [2.75, 3.05) is 26.2 Å². The Morgan fingerprint density at radius 1 is 0.921 bits per heavy atom. The summed E-state index contributed by atoms with van der Waals surface area (Å²) in [6.07, 6.45) is -4.85. The molecule has 2 N–H and O–H groups in total. The second-order valence-corrected chi connectivity index (χ2v) is 9.27. The summed E-state index contributed by atoms with van der Waals surface area (Å²) in [5.74, 6) is -5.41. The maximum Gasteiger partial charge on any atom is 0.490 e. The molecule has 0 radical (unpaired) electrons. The maximum atomic E-state index is 12.5. The molecular weight excluding hydrogens is 546 g/mol. The van der Waals surface area contributed by atoms with Crippen LogP contribution in [0.15, 0.2) is 35.3 Å². The molecule has 2 aliphatic heterocycles. The van der Waals surface area contributed by atoms with Gasteiger partial charge in [-0.3, -0.25) is 14.7 Å². The molecule has 1 spiro atoms. The molecule has 0 unspecified atom stereocenters. The van der Waals surface area contributed by atoms with Gasteiger partial charge in [-0.05, 0) is 49.9 Å². The molecule has 2 saturated heterocycles. The quantitative estimate of drug-likeness (QED) is 0.532. The highest BCUT2D eigenvalue weighted by molar-refractivity contribution is 7.07. The molecule has 16 heteroatoms. The maximum absolute atomic E-state index is 12.5. The summed E-state index contributed by atoms with van der Waals surface area (Å²) in [7, 11) is 0. The topological polar surface area (TPSA) is 124 Å². The predicted octanol–water partition coefficient (Wildman–Crippen LogP) is 3.93. The number of halogens is 6. The Labute approximate surface area is 216 Å². The highest BCUT2D eigenvalue weighted by atomic mass is 32.1. The number of carboxylic acid groups (broad SMARTS) is 2. The van der Waals surface area contributed by atoms with E-state index in [-0.39, 0.29) is 5.91 Å². The van der Waals surface area contributed by atoms with E-state index in [2.05, 4.69) is 20.9 Å². The molecule has 2 aromatic heterocycles. The van der Waals surface area contributed by atoms with E-state index in [1.165, 1.54) is 24.2 Å². The van der Waals surface area contributed by atoms with E-state index in [0.29, 0.717) is 11.1 Å². The van der Waals surface area contributed by atoms with E-state index in [0.717, 1.165) is 44.8 Å². The number of carboxylic acids is 2. The van der Waals surface area contributed by atoms with Crippen LogP contribution in [0.25, 0.3) is 0 Å². The van der Waals surface area contributed by atoms with Crippen molar-refractivity contribution in [3.63, 3.8) is 0 Å². The van der Waals surface area contributed by atoms with Crippen LogP contribution in [0.2, 0.25) is 0 Å². The third-order valence-electron chi connectivity index (χ3n) is 5.89. The van der Waals surface area contributed by atoms with Crippen molar-refractivity contribution in [2.45, 2.75) is 38.2 Å². The molecule has 38 heavy (non-hydrogen) atoms. The van der Waals surface area contributed by atoms with E-state index in [9.17, 15) is 31.1 Å². The van der Waals surface area contributed by atoms with Gasteiger partial charge in [-0.15, -0.1) is 11.3 Å². The average Bonchev–Trinajstić information content (AvgIpc) is 3.52. The van der Waals surface area contributed by atoms with Gasteiger partial charge in [-0.2, -0.15) is 26.3 Å². The van der Waals surface area contributed by atoms with Gasteiger partial charge in [-0.25, -0.2) is 14.6 Å². The van der Waals surface area contributed by atoms with Crippen molar-refractivity contribution in [3.8, 4) is 0 Å². The van der Waals surface area contributed by atoms with Crippen LogP contribution in [0.1, 0.15) is 35.4 Å². The zero-order chi connectivity index (χ0) is 28.6. The number of hydrogen-bond donors (Lipinski definition) is 2. The zero-order valence-corrected chi connectivity index (χ0v) is 20.5. The monoisotopic (exact) mass is 570 g/mol. The smallest absolute Gasteiger partial charge is 0.475 e. The van der Waals surface area contributed by atoms with Crippen molar-refractivity contribution < 1.29 is 50.9 Å². The fraction of sp³-hybridized carbons (Fsp3) is 0.500. The SMILES string of the molecule is O=C(O)C(F)(F)F.O=C(O)C(F)(F)F.O=C(c1cscn1)N1CCC2(CCN(Cc3ccccn3)CC2)C1. The number of alkyl halides is 6. The van der Waals surface area contributed by atoms with Gasteiger partial charge in [0.2, 0.25) is 0 Å². The van der Waals surface area contributed by atoms with Gasteiger partial charge in [0.15, 0.2) is 0 Å². The number of carbonyl (C=O) groups is 3. The van der Waals surface area contributed by atoms with Crippen LogP contribution in [0.3, 0.4) is 0 Å². The molecular formula is C22H24F6N4O5S. The molecule has 0 saturated carbocycles. The molecule has 2 aliphatic rings. The summed E-state index contributed by atoms with van der Waals surface area (Å²) in [6.45, 7) is 4.88. The molecule has 210 valence electrons. The number of hydrogen-bond acceptors (Lipinski definition) is 7. The first-order valence-electron chi connectivity index (χ1n) is 11.0. The van der Waals surface area contributed by atoms with E-state index in [1.807, 2.05) is 28.6 Å². The van der Waals surface area contributed by atoms with Crippen molar-refractivity contribution in [1.82, 2.24) is 19.8 Å². The molecule has 2 aromatic rings. The molecule has 2 fully saturated rings. The number of rotatable bonds is 3. The summed E-state index contributed by atoms with van der Waals surface area (Å²) < 4.78 is 63.5. The second kappa shape index (κ2) is 13.0. The van der Waals surface area contributed by atoms with Crippen molar-refractivity contribution in [1.29, 1.82) is 0 Å². The number of carbonyl (C=O) groups excluding carboxylic acids is 1. The van der Waals surface area contributed by atoms with Crippen LogP contribution in [-0.4, -0.2) is 86.4 Å². The van der Waals surface area contributed by atoms with Gasteiger partial charge < -0.3 is 15.1 Å². The van der Waals surface area contributed by atoms with E-state index in [4.69, 9.17) is 19.8 Å². The van der Waals surface area contributed by atoms with Gasteiger partial charge >= 0.3 is 24.3 Å². The number of thiazole rings is 1. The summed E-state index contributed by atoms with van der Waals surface area (Å²) in [4.78, 5) is 43.4. The number of pyridine rings is 1. The molecule has 0 atom stereocenters. The number of aromatic nitrogens is 2. The molecule has 4 rings (SSSR count). The van der Waals surface area contributed by atoms with Crippen LogP contribution >= 0.6 is 11.3 Å². The Balaban J connectivity index is 0.000000301. The minimum Gasteiger partial charge on any atom is -0.475 e. The summed E-state index contributed by atoms with van der Waals surface area (Å²) >= 11 is 1.48. The zero-order valence-electron chi connectivity index (χ0n) is 19.7. The normalized spacial score (nSPS) is 17.2. The standard InChI is InChI=1S/C18H22N4OS.2C2HF3O2/c23-17(16-12-24-14-20-16)22-10-6-18(13-22)4-8-21(9-5-18)11-15-3-1-2-7-19-15;2*3-2(4,5)1(6)7/h1-3,7,12,14H,4-6,8-11,13H2;2*(H,6,7). The number of amides is 1. The fourth-order valence-corrected chi connectivity index (χ4v) is 4.43. The number of nitrogens with zero attached hydrogens (tertiary/aromatic N) is 4. The Hall–Kier alpha value is -3.27. The third kappa shape index (κ3) is 9.55. The molecule has 0 bridgehead atoms. The molecule has 0 aliphatic carbocycles. The first-order chi connectivity index (χ1) is 17.6. The van der Waals surface area contributed by atoms with Gasteiger partial charge in [0.05, 0.1) is 11.2 Å². The third-order valence-corrected chi connectivity index (χ3v) is 6.48. The lowest BCUT2D eigenvalue weighted by molar-refractivity contribution is -0.193. The largest absolute Gasteiger partial charge is 0.490 e. The lowest BCUT2D eigenvalue weighted by atomic mass is 9.78. The molecule has 0 aromatic carbocycles. The van der Waals surface area contributed by atoms with Crippen LogP contribution in [-0.2, 0) is 16.1 Å². The van der Waals surface area contributed by atoms with Gasteiger partial charge in [-0.1, -0.05) is 6.07 Å². The molecule has 1 amide bonds. The summed E-state index contributed by atoms with van der Waals surface area (Å²) in [6, 6.07) is 6.10. The average molecular weight is 571 g/mol. The Bertz CT molecular complexity index is 1030. The second-order valence-electron chi connectivity index (χ2n) is 8.55. The number of piperidine rings is 1. The van der Waals surface area contributed by atoms with Crippen molar-refractivity contribution in [3.05, 3.63) is 46.7 Å². The van der Waals surface area contributed by atoms with Gasteiger partial charge in [0.25, 0.3) is 5.91 Å². The molecule has 9 nitrogen and oxygen atoms in total. The Morgan fingerprint density at radius 2 is 1.47 bits per heavy atom. The highest BCUT2D eigenvalue weighted by Crippen LogP contribution is 2.41. The lowest BCUT2D eigenvalue weighted by Crippen LogP contribution is -2.42. The van der Waals surface area contributed by atoms with Gasteiger partial charge in [0, 0.05) is 31.2 Å². The van der Waals surface area contributed by atoms with Crippen LogP contribution in [0, 0.1) is 5.41 Å².